The molecule has 0 saturated heterocycles. The van der Waals surface area contributed by atoms with E-state index in [0.717, 1.165) is 31.1 Å². The summed E-state index contributed by atoms with van der Waals surface area (Å²) in [4.78, 5) is 5.40. The first kappa shape index (κ1) is 17.1. The van der Waals surface area contributed by atoms with E-state index in [9.17, 15) is 0 Å². The molecule has 0 fully saturated rings. The Bertz CT molecular complexity index is 926. The van der Waals surface area contributed by atoms with Gasteiger partial charge in [0.1, 0.15) is 0 Å². The van der Waals surface area contributed by atoms with Gasteiger partial charge in [-0.05, 0) is 36.8 Å². The molecule has 0 aliphatic rings. The van der Waals surface area contributed by atoms with Crippen LogP contribution in [-0.4, -0.2) is 17.4 Å². The van der Waals surface area contributed by atoms with Gasteiger partial charge in [0.2, 0.25) is 4.80 Å². The summed E-state index contributed by atoms with van der Waals surface area (Å²) in [6, 6.07) is 15.8. The lowest BCUT2D eigenvalue weighted by molar-refractivity contribution is 0.833. The third-order valence-electron chi connectivity index (χ3n) is 3.29. The van der Waals surface area contributed by atoms with Crippen LogP contribution < -0.4 is 4.80 Å². The second-order valence-corrected chi connectivity index (χ2v) is 7.18. The molecule has 1 heterocycles. The Morgan fingerprint density at radius 2 is 2.00 bits per heavy atom. The molecule has 0 atom stereocenters. The molecule has 3 aromatic rings. The zero-order chi connectivity index (χ0) is 16.9. The molecule has 24 heavy (non-hydrogen) atoms. The largest absolute Gasteiger partial charge is 0.258 e. The summed E-state index contributed by atoms with van der Waals surface area (Å²) < 4.78 is 2.90. The molecule has 0 radical (unpaired) electrons. The second kappa shape index (κ2) is 7.92. The molecular formula is C18H15BrClN3S. The Kier molecular flexibility index (Phi) is 5.66. The van der Waals surface area contributed by atoms with Crippen LogP contribution in [0.3, 0.4) is 0 Å². The maximum atomic E-state index is 5.99. The van der Waals surface area contributed by atoms with E-state index in [1.807, 2.05) is 66.3 Å². The van der Waals surface area contributed by atoms with Crippen LogP contribution in [0.15, 0.2) is 68.5 Å². The quantitative estimate of drug-likeness (QED) is 0.503. The first-order chi connectivity index (χ1) is 11.7. The van der Waals surface area contributed by atoms with E-state index in [0.29, 0.717) is 6.54 Å². The van der Waals surface area contributed by atoms with Crippen LogP contribution in [0.4, 0.5) is 0 Å². The monoisotopic (exact) mass is 419 g/mol. The number of benzene rings is 2. The highest BCUT2D eigenvalue weighted by molar-refractivity contribution is 9.10. The van der Waals surface area contributed by atoms with Gasteiger partial charge in [0.15, 0.2) is 0 Å². The number of hydrogen-bond donors (Lipinski definition) is 0. The SMILES string of the molecule is CCN=c1scc(-c2ccc(Cl)cc2)n1N=Cc1cccc(Br)c1. The molecule has 3 nitrogen and oxygen atoms in total. The fourth-order valence-electron chi connectivity index (χ4n) is 2.18. The minimum Gasteiger partial charge on any atom is -0.258 e. The second-order valence-electron chi connectivity index (χ2n) is 5.00. The van der Waals surface area contributed by atoms with Gasteiger partial charge in [0.05, 0.1) is 11.9 Å². The summed E-state index contributed by atoms with van der Waals surface area (Å²) in [6.45, 7) is 2.73. The molecule has 0 saturated carbocycles. The summed E-state index contributed by atoms with van der Waals surface area (Å²) in [5.74, 6) is 0. The van der Waals surface area contributed by atoms with E-state index in [2.05, 4.69) is 31.4 Å². The number of rotatable bonds is 4. The molecule has 0 unspecified atom stereocenters. The molecule has 1 aromatic heterocycles. The molecule has 2 aromatic carbocycles. The lowest BCUT2D eigenvalue weighted by Crippen LogP contribution is -2.12. The molecule has 0 amide bonds. The summed E-state index contributed by atoms with van der Waals surface area (Å²) >= 11 is 11.1. The zero-order valence-electron chi connectivity index (χ0n) is 13.0. The summed E-state index contributed by atoms with van der Waals surface area (Å²) in [7, 11) is 0. The number of thiazole rings is 1. The van der Waals surface area contributed by atoms with Gasteiger partial charge in [-0.2, -0.15) is 5.10 Å². The Morgan fingerprint density at radius 1 is 1.21 bits per heavy atom. The van der Waals surface area contributed by atoms with Crippen LogP contribution >= 0.6 is 38.9 Å². The maximum Gasteiger partial charge on any atom is 0.206 e. The Hall–Kier alpha value is -1.69. The molecule has 0 aliphatic carbocycles. The smallest absolute Gasteiger partial charge is 0.206 e. The molecule has 0 N–H and O–H groups in total. The lowest BCUT2D eigenvalue weighted by Gasteiger charge is -2.04. The van der Waals surface area contributed by atoms with Crippen molar-refractivity contribution in [1.82, 2.24) is 4.68 Å². The molecule has 0 bridgehead atoms. The number of nitrogens with zero attached hydrogens (tertiary/aromatic N) is 3. The molecule has 3 rings (SSSR count). The Morgan fingerprint density at radius 3 is 2.71 bits per heavy atom. The van der Waals surface area contributed by atoms with Crippen molar-refractivity contribution in [3.63, 3.8) is 0 Å². The van der Waals surface area contributed by atoms with Gasteiger partial charge in [0, 0.05) is 27.0 Å². The minimum atomic E-state index is 0.715. The number of aromatic nitrogens is 1. The fraction of sp³-hybridized carbons (Fsp3) is 0.111. The molecular weight excluding hydrogens is 406 g/mol. The molecule has 6 heteroatoms. The van der Waals surface area contributed by atoms with Crippen LogP contribution in [0.5, 0.6) is 0 Å². The normalized spacial score (nSPS) is 12.2. The van der Waals surface area contributed by atoms with E-state index in [4.69, 9.17) is 11.6 Å². The van der Waals surface area contributed by atoms with Crippen LogP contribution in [0.1, 0.15) is 12.5 Å². The van der Waals surface area contributed by atoms with Gasteiger partial charge in [-0.1, -0.05) is 51.8 Å². The van der Waals surface area contributed by atoms with Gasteiger partial charge < -0.3 is 0 Å². The predicted molar refractivity (Wildman–Crippen MR) is 106 cm³/mol. The lowest BCUT2D eigenvalue weighted by atomic mass is 10.2. The van der Waals surface area contributed by atoms with Crippen molar-refractivity contribution in [2.24, 2.45) is 10.1 Å². The van der Waals surface area contributed by atoms with Crippen molar-refractivity contribution in [3.8, 4) is 11.3 Å². The third kappa shape index (κ3) is 4.04. The van der Waals surface area contributed by atoms with Gasteiger partial charge in [-0.25, -0.2) is 4.68 Å². The first-order valence-corrected chi connectivity index (χ1v) is 9.49. The van der Waals surface area contributed by atoms with E-state index >= 15 is 0 Å². The highest BCUT2D eigenvalue weighted by Crippen LogP contribution is 2.22. The van der Waals surface area contributed by atoms with Crippen molar-refractivity contribution in [3.05, 3.63) is 73.8 Å². The van der Waals surface area contributed by atoms with Gasteiger partial charge in [-0.15, -0.1) is 11.3 Å². The average Bonchev–Trinajstić information content (AvgIpc) is 2.97. The van der Waals surface area contributed by atoms with E-state index in [1.54, 1.807) is 11.3 Å². The Balaban J connectivity index is 2.06. The molecule has 122 valence electrons. The average molecular weight is 421 g/mol. The van der Waals surface area contributed by atoms with Crippen molar-refractivity contribution in [2.45, 2.75) is 6.92 Å². The summed E-state index contributed by atoms with van der Waals surface area (Å²) in [5, 5.41) is 7.43. The van der Waals surface area contributed by atoms with E-state index in [-0.39, 0.29) is 0 Å². The van der Waals surface area contributed by atoms with Crippen LogP contribution in [0.2, 0.25) is 5.02 Å². The van der Waals surface area contributed by atoms with E-state index < -0.39 is 0 Å². The summed E-state index contributed by atoms with van der Waals surface area (Å²) in [5.41, 5.74) is 3.07. The van der Waals surface area contributed by atoms with Gasteiger partial charge >= 0.3 is 0 Å². The topological polar surface area (TPSA) is 29.6 Å². The first-order valence-electron chi connectivity index (χ1n) is 7.44. The minimum absolute atomic E-state index is 0.715. The van der Waals surface area contributed by atoms with Gasteiger partial charge in [-0.3, -0.25) is 4.99 Å². The van der Waals surface area contributed by atoms with E-state index in [1.165, 1.54) is 0 Å². The van der Waals surface area contributed by atoms with Crippen molar-refractivity contribution >= 4 is 45.1 Å². The molecule has 0 spiro atoms. The fourth-order valence-corrected chi connectivity index (χ4v) is 3.63. The molecule has 0 aliphatic heterocycles. The highest BCUT2D eigenvalue weighted by atomic mass is 79.9. The van der Waals surface area contributed by atoms with Crippen LogP contribution in [0.25, 0.3) is 11.3 Å². The maximum absolute atomic E-state index is 5.99. The highest BCUT2D eigenvalue weighted by Gasteiger charge is 2.07. The number of halogens is 2. The summed E-state index contributed by atoms with van der Waals surface area (Å²) in [6.07, 6.45) is 1.84. The Labute approximate surface area is 158 Å². The number of hydrogen-bond acceptors (Lipinski definition) is 3. The zero-order valence-corrected chi connectivity index (χ0v) is 16.1. The van der Waals surface area contributed by atoms with Crippen LogP contribution in [-0.2, 0) is 0 Å². The van der Waals surface area contributed by atoms with Crippen LogP contribution in [0, 0.1) is 0 Å². The standard InChI is InChI=1S/C18H15BrClN3S/c1-2-21-18-23(22-11-13-4-3-5-15(19)10-13)17(12-24-18)14-6-8-16(20)9-7-14/h3-12H,2H2,1H3. The van der Waals surface area contributed by atoms with Crippen molar-refractivity contribution < 1.29 is 0 Å². The third-order valence-corrected chi connectivity index (χ3v) is 4.89. The van der Waals surface area contributed by atoms with Gasteiger partial charge in [0.25, 0.3) is 0 Å². The van der Waals surface area contributed by atoms with Crippen molar-refractivity contribution in [1.29, 1.82) is 0 Å². The predicted octanol–water partition coefficient (Wildman–Crippen LogP) is 5.44. The van der Waals surface area contributed by atoms with Crippen molar-refractivity contribution in [2.75, 3.05) is 6.54 Å².